The summed E-state index contributed by atoms with van der Waals surface area (Å²) in [6, 6.07) is 63.3. The molecule has 10 aromatic rings. The molecule has 0 saturated heterocycles. The highest BCUT2D eigenvalue weighted by molar-refractivity contribution is 6.18. The molecule has 0 amide bonds. The van der Waals surface area contributed by atoms with Gasteiger partial charge in [-0.25, -0.2) is 0 Å². The monoisotopic (exact) mass is 611 g/mol. The highest BCUT2D eigenvalue weighted by Crippen LogP contribution is 2.44. The van der Waals surface area contributed by atoms with Gasteiger partial charge in [0.2, 0.25) is 0 Å². The Morgan fingerprint density at radius 1 is 0.354 bits per heavy atom. The first-order chi connectivity index (χ1) is 23.8. The van der Waals surface area contributed by atoms with Crippen molar-refractivity contribution >= 4 is 82.1 Å². The first kappa shape index (κ1) is 26.8. The summed E-state index contributed by atoms with van der Waals surface area (Å²) in [5, 5.41) is 12.2. The Hall–Kier alpha value is -6.38. The van der Waals surface area contributed by atoms with Crippen molar-refractivity contribution in [3.05, 3.63) is 176 Å². The minimum atomic E-state index is 0.876. The van der Waals surface area contributed by atoms with Crippen molar-refractivity contribution in [3.8, 4) is 11.1 Å². The Balaban J connectivity index is 1.20. The number of furan rings is 1. The molecule has 0 atom stereocenters. The third-order valence-corrected chi connectivity index (χ3v) is 9.84. The van der Waals surface area contributed by atoms with Crippen LogP contribution in [0.1, 0.15) is 0 Å². The average Bonchev–Trinajstić information content (AvgIpc) is 3.54. The molecule has 0 fully saturated rings. The van der Waals surface area contributed by atoms with Gasteiger partial charge < -0.3 is 9.32 Å². The van der Waals surface area contributed by atoms with E-state index in [4.69, 9.17) is 4.42 Å². The van der Waals surface area contributed by atoms with Crippen molar-refractivity contribution in [3.63, 3.8) is 0 Å². The lowest BCUT2D eigenvalue weighted by molar-refractivity contribution is 0.669. The maximum absolute atomic E-state index is 6.61. The van der Waals surface area contributed by atoms with E-state index in [0.717, 1.165) is 39.0 Å². The molecule has 1 heterocycles. The van der Waals surface area contributed by atoms with Crippen LogP contribution < -0.4 is 4.90 Å². The normalized spacial score (nSPS) is 11.8. The molecule has 10 rings (SSSR count). The average molecular weight is 612 g/mol. The van der Waals surface area contributed by atoms with E-state index in [1.165, 1.54) is 54.2 Å². The summed E-state index contributed by atoms with van der Waals surface area (Å²) in [6.07, 6.45) is 0. The first-order valence-electron chi connectivity index (χ1n) is 16.4. The third-order valence-electron chi connectivity index (χ3n) is 9.84. The van der Waals surface area contributed by atoms with Gasteiger partial charge in [-0.2, -0.15) is 0 Å². The van der Waals surface area contributed by atoms with Crippen molar-refractivity contribution in [2.75, 3.05) is 4.90 Å². The minimum Gasteiger partial charge on any atom is -0.454 e. The summed E-state index contributed by atoms with van der Waals surface area (Å²) >= 11 is 0. The molecule has 2 nitrogen and oxygen atoms in total. The van der Waals surface area contributed by atoms with Crippen LogP contribution in [0.25, 0.3) is 76.2 Å². The molecule has 0 aliphatic heterocycles. The van der Waals surface area contributed by atoms with Gasteiger partial charge in [-0.05, 0) is 90.6 Å². The van der Waals surface area contributed by atoms with E-state index >= 15 is 0 Å². The van der Waals surface area contributed by atoms with E-state index in [1.807, 2.05) is 6.07 Å². The molecule has 0 N–H and O–H groups in total. The van der Waals surface area contributed by atoms with E-state index < -0.39 is 0 Å². The Labute approximate surface area is 277 Å². The molecule has 0 aliphatic rings. The molecule has 0 unspecified atom stereocenters. The highest BCUT2D eigenvalue weighted by atomic mass is 16.3. The van der Waals surface area contributed by atoms with E-state index in [1.54, 1.807) is 0 Å². The fraction of sp³-hybridized carbons (Fsp3) is 0. The number of fused-ring (bicyclic) bond motifs is 9. The molecule has 0 bridgehead atoms. The van der Waals surface area contributed by atoms with Crippen molar-refractivity contribution in [1.82, 2.24) is 0 Å². The summed E-state index contributed by atoms with van der Waals surface area (Å²) in [7, 11) is 0. The SMILES string of the molecule is c1ccc2c(-c3ccc(N(c4ccc5ccc6c7ccccc7ccc6c5c4)c4cccc5c4oc4ccccc45)cc3)cccc2c1. The van der Waals surface area contributed by atoms with Crippen LogP contribution in [0.3, 0.4) is 0 Å². The fourth-order valence-electron chi connectivity index (χ4n) is 7.55. The number of rotatable bonds is 4. The molecule has 2 heteroatoms. The van der Waals surface area contributed by atoms with Crippen LogP contribution in [-0.2, 0) is 0 Å². The van der Waals surface area contributed by atoms with E-state index in [-0.39, 0.29) is 0 Å². The molecular weight excluding hydrogens is 583 g/mol. The molecule has 9 aromatic carbocycles. The maximum Gasteiger partial charge on any atom is 0.159 e. The number of nitrogens with zero attached hydrogens (tertiary/aromatic N) is 1. The van der Waals surface area contributed by atoms with Crippen LogP contribution in [0.2, 0.25) is 0 Å². The fourth-order valence-corrected chi connectivity index (χ4v) is 7.55. The van der Waals surface area contributed by atoms with Gasteiger partial charge in [0.15, 0.2) is 5.58 Å². The lowest BCUT2D eigenvalue weighted by Crippen LogP contribution is -2.10. The van der Waals surface area contributed by atoms with Crippen molar-refractivity contribution < 1.29 is 4.42 Å². The van der Waals surface area contributed by atoms with Crippen molar-refractivity contribution in [2.45, 2.75) is 0 Å². The molecule has 0 spiro atoms. The Morgan fingerprint density at radius 2 is 0.938 bits per heavy atom. The second-order valence-corrected chi connectivity index (χ2v) is 12.5. The predicted octanol–water partition coefficient (Wildman–Crippen LogP) is 13.3. The van der Waals surface area contributed by atoms with Gasteiger partial charge in [0.05, 0.1) is 5.69 Å². The summed E-state index contributed by atoms with van der Waals surface area (Å²) in [4.78, 5) is 2.34. The van der Waals surface area contributed by atoms with Crippen LogP contribution in [-0.4, -0.2) is 0 Å². The lowest BCUT2D eigenvalue weighted by atomic mass is 9.96. The zero-order valence-electron chi connectivity index (χ0n) is 26.1. The number of para-hydroxylation sites is 2. The van der Waals surface area contributed by atoms with Gasteiger partial charge in [-0.3, -0.25) is 0 Å². The van der Waals surface area contributed by atoms with Gasteiger partial charge >= 0.3 is 0 Å². The molecule has 0 aliphatic carbocycles. The lowest BCUT2D eigenvalue weighted by Gasteiger charge is -2.26. The molecule has 1 aromatic heterocycles. The summed E-state index contributed by atoms with van der Waals surface area (Å²) in [6.45, 7) is 0. The van der Waals surface area contributed by atoms with Crippen LogP contribution in [0.15, 0.2) is 180 Å². The molecule has 224 valence electrons. The molecule has 0 radical (unpaired) electrons. The first-order valence-corrected chi connectivity index (χ1v) is 16.4. The Kier molecular flexibility index (Phi) is 5.91. The largest absolute Gasteiger partial charge is 0.454 e. The molecule has 0 saturated carbocycles. The van der Waals surface area contributed by atoms with Gasteiger partial charge in [0, 0.05) is 22.1 Å². The van der Waals surface area contributed by atoms with Gasteiger partial charge in [0.1, 0.15) is 5.58 Å². The van der Waals surface area contributed by atoms with E-state index in [2.05, 4.69) is 175 Å². The summed E-state index contributed by atoms with van der Waals surface area (Å²) in [5.41, 5.74) is 7.34. The van der Waals surface area contributed by atoms with Gasteiger partial charge in [0.25, 0.3) is 0 Å². The minimum absolute atomic E-state index is 0.876. The second-order valence-electron chi connectivity index (χ2n) is 12.5. The topological polar surface area (TPSA) is 16.4 Å². The summed E-state index contributed by atoms with van der Waals surface area (Å²) < 4.78 is 6.61. The van der Waals surface area contributed by atoms with Crippen molar-refractivity contribution in [1.29, 1.82) is 0 Å². The second kappa shape index (κ2) is 10.6. The third kappa shape index (κ3) is 4.13. The van der Waals surface area contributed by atoms with E-state index in [0.29, 0.717) is 0 Å². The number of hydrogen-bond acceptors (Lipinski definition) is 2. The van der Waals surface area contributed by atoms with Crippen LogP contribution in [0.4, 0.5) is 17.1 Å². The summed E-state index contributed by atoms with van der Waals surface area (Å²) in [5.74, 6) is 0. The maximum atomic E-state index is 6.61. The van der Waals surface area contributed by atoms with E-state index in [9.17, 15) is 0 Å². The number of benzene rings is 9. The predicted molar refractivity (Wildman–Crippen MR) is 204 cm³/mol. The quantitative estimate of drug-likeness (QED) is 0.184. The Bertz CT molecular complexity index is 2840. The van der Waals surface area contributed by atoms with Gasteiger partial charge in [-0.1, -0.05) is 140 Å². The standard InChI is InChI=1S/C46H29NO/c1-3-12-36-30(9-1)11-7-15-37(36)32-19-24-34(25-20-32)47(44-17-8-16-42-41-14-5-6-18-45(41)48-46(42)44)35-26-21-33-23-27-39-38-13-4-2-10-31(38)22-28-40(39)43(33)29-35/h1-29H. The highest BCUT2D eigenvalue weighted by Gasteiger charge is 2.20. The van der Waals surface area contributed by atoms with Crippen molar-refractivity contribution in [2.24, 2.45) is 0 Å². The van der Waals surface area contributed by atoms with Crippen LogP contribution >= 0.6 is 0 Å². The number of hydrogen-bond donors (Lipinski definition) is 0. The number of anilines is 3. The van der Waals surface area contributed by atoms with Gasteiger partial charge in [-0.15, -0.1) is 0 Å². The Morgan fingerprint density at radius 3 is 1.77 bits per heavy atom. The smallest absolute Gasteiger partial charge is 0.159 e. The van der Waals surface area contributed by atoms with Crippen LogP contribution in [0, 0.1) is 0 Å². The molecule has 48 heavy (non-hydrogen) atoms. The molecular formula is C46H29NO. The van der Waals surface area contributed by atoms with Crippen LogP contribution in [0.5, 0.6) is 0 Å². The zero-order chi connectivity index (χ0) is 31.6. The zero-order valence-corrected chi connectivity index (χ0v) is 26.1.